The van der Waals surface area contributed by atoms with E-state index in [9.17, 15) is 9.59 Å². The average molecular weight is 494 g/mol. The molecule has 35 heavy (non-hydrogen) atoms. The molecule has 184 valence electrons. The van der Waals surface area contributed by atoms with Gasteiger partial charge in [0.15, 0.2) is 11.0 Å². The molecule has 3 aromatic rings. The summed E-state index contributed by atoms with van der Waals surface area (Å²) in [6.07, 6.45) is 1.74. The number of nitrogens with one attached hydrogen (secondary N) is 2. The highest BCUT2D eigenvalue weighted by molar-refractivity contribution is 7.99. The predicted octanol–water partition coefficient (Wildman–Crippen LogP) is 4.64. The molecule has 0 aliphatic carbocycles. The summed E-state index contributed by atoms with van der Waals surface area (Å²) in [4.78, 5) is 25.4. The number of hydrogen-bond acceptors (Lipinski definition) is 6. The number of allylic oxidation sites excluding steroid dienone is 1. The van der Waals surface area contributed by atoms with Gasteiger partial charge in [-0.3, -0.25) is 9.59 Å². The smallest absolute Gasteiger partial charge is 0.251 e. The second-order valence-electron chi connectivity index (χ2n) is 8.37. The van der Waals surface area contributed by atoms with Crippen LogP contribution in [0.2, 0.25) is 0 Å². The molecule has 9 heteroatoms. The maximum absolute atomic E-state index is 12.9. The number of rotatable bonds is 11. The molecule has 0 radical (unpaired) electrons. The van der Waals surface area contributed by atoms with E-state index >= 15 is 0 Å². The number of anilines is 1. The lowest BCUT2D eigenvalue weighted by molar-refractivity contribution is -0.113. The molecular formula is C26H31N5O3S. The highest BCUT2D eigenvalue weighted by Gasteiger charge is 2.26. The topological polar surface area (TPSA) is 98.1 Å². The quantitative estimate of drug-likeness (QED) is 0.298. The number of nitrogens with zero attached hydrogens (tertiary/aromatic N) is 3. The summed E-state index contributed by atoms with van der Waals surface area (Å²) in [7, 11) is 1.58. The lowest BCUT2D eigenvalue weighted by Gasteiger charge is -2.22. The van der Waals surface area contributed by atoms with Crippen LogP contribution in [0.3, 0.4) is 0 Å². The summed E-state index contributed by atoms with van der Waals surface area (Å²) >= 11 is 1.29. The molecule has 3 rings (SSSR count). The van der Waals surface area contributed by atoms with Gasteiger partial charge in [-0.25, -0.2) is 0 Å². The zero-order valence-electron chi connectivity index (χ0n) is 20.4. The maximum Gasteiger partial charge on any atom is 0.251 e. The van der Waals surface area contributed by atoms with Gasteiger partial charge < -0.3 is 19.9 Å². The Morgan fingerprint density at radius 1 is 1.11 bits per heavy atom. The fourth-order valence-electron chi connectivity index (χ4n) is 3.40. The van der Waals surface area contributed by atoms with Gasteiger partial charge in [-0.1, -0.05) is 49.4 Å². The van der Waals surface area contributed by atoms with Crippen LogP contribution in [0, 0.1) is 12.8 Å². The molecule has 1 atom stereocenters. The Morgan fingerprint density at radius 3 is 2.40 bits per heavy atom. The van der Waals surface area contributed by atoms with Crippen molar-refractivity contribution in [2.24, 2.45) is 5.92 Å². The highest BCUT2D eigenvalue weighted by atomic mass is 32.2. The molecule has 0 unspecified atom stereocenters. The Kier molecular flexibility index (Phi) is 9.08. The van der Waals surface area contributed by atoms with Gasteiger partial charge in [-0.2, -0.15) is 0 Å². The van der Waals surface area contributed by atoms with Gasteiger partial charge in [0, 0.05) is 17.8 Å². The zero-order chi connectivity index (χ0) is 25.4. The first kappa shape index (κ1) is 26.0. The highest BCUT2D eigenvalue weighted by Crippen LogP contribution is 2.26. The van der Waals surface area contributed by atoms with Crippen molar-refractivity contribution >= 4 is 29.3 Å². The lowest BCUT2D eigenvalue weighted by atomic mass is 10.0. The monoisotopic (exact) mass is 493 g/mol. The van der Waals surface area contributed by atoms with Crippen LogP contribution < -0.4 is 15.4 Å². The molecule has 0 saturated heterocycles. The molecule has 0 fully saturated rings. The van der Waals surface area contributed by atoms with Crippen molar-refractivity contribution < 1.29 is 14.3 Å². The summed E-state index contributed by atoms with van der Waals surface area (Å²) in [6, 6.07) is 14.2. The first-order chi connectivity index (χ1) is 16.8. The van der Waals surface area contributed by atoms with Crippen LogP contribution in [0.25, 0.3) is 0 Å². The van der Waals surface area contributed by atoms with Gasteiger partial charge >= 0.3 is 0 Å². The minimum absolute atomic E-state index is 0.0487. The number of aromatic nitrogens is 3. The van der Waals surface area contributed by atoms with Crippen LogP contribution in [-0.4, -0.2) is 39.4 Å². The number of thioether (sulfide) groups is 1. The Labute approximate surface area is 210 Å². The molecule has 2 amide bonds. The number of ether oxygens (including phenoxy) is 1. The number of carbonyl (C=O) groups excluding carboxylic acids is 2. The fraction of sp³-hybridized carbons (Fsp3) is 0.308. The van der Waals surface area contributed by atoms with Crippen molar-refractivity contribution in [3.8, 4) is 5.75 Å². The molecule has 0 spiro atoms. The average Bonchev–Trinajstić information content (AvgIpc) is 3.24. The Hall–Kier alpha value is -3.59. The summed E-state index contributed by atoms with van der Waals surface area (Å²) in [5.74, 6) is 1.16. The third-order valence-electron chi connectivity index (χ3n) is 5.31. The number of aryl methyl sites for hydroxylation is 1. The number of benzene rings is 2. The third-order valence-corrected chi connectivity index (χ3v) is 6.28. The maximum atomic E-state index is 12.9. The second-order valence-corrected chi connectivity index (χ2v) is 9.31. The van der Waals surface area contributed by atoms with E-state index < -0.39 is 0 Å². The number of hydrogen-bond donors (Lipinski definition) is 2. The van der Waals surface area contributed by atoms with Crippen LogP contribution in [0.4, 0.5) is 5.69 Å². The van der Waals surface area contributed by atoms with E-state index in [1.807, 2.05) is 49.6 Å². The van der Waals surface area contributed by atoms with Crippen molar-refractivity contribution in [2.45, 2.75) is 38.5 Å². The summed E-state index contributed by atoms with van der Waals surface area (Å²) in [6.45, 7) is 10.3. The van der Waals surface area contributed by atoms with E-state index in [2.05, 4.69) is 27.4 Å². The van der Waals surface area contributed by atoms with Crippen molar-refractivity contribution in [3.63, 3.8) is 0 Å². The summed E-state index contributed by atoms with van der Waals surface area (Å²) in [5.41, 5.74) is 2.39. The van der Waals surface area contributed by atoms with E-state index in [4.69, 9.17) is 4.74 Å². The molecule has 2 N–H and O–H groups in total. The predicted molar refractivity (Wildman–Crippen MR) is 139 cm³/mol. The van der Waals surface area contributed by atoms with Gasteiger partial charge in [-0.15, -0.1) is 16.8 Å². The lowest BCUT2D eigenvalue weighted by Crippen LogP contribution is -2.33. The first-order valence-electron chi connectivity index (χ1n) is 11.3. The van der Waals surface area contributed by atoms with Crippen molar-refractivity contribution in [2.75, 3.05) is 18.2 Å². The minimum atomic E-state index is -0.382. The zero-order valence-corrected chi connectivity index (χ0v) is 21.3. The van der Waals surface area contributed by atoms with Crippen molar-refractivity contribution in [3.05, 3.63) is 78.1 Å². The summed E-state index contributed by atoms with van der Waals surface area (Å²) in [5, 5.41) is 15.2. The molecule has 8 nitrogen and oxygen atoms in total. The standard InChI is InChI=1S/C26H31N5O3S/c1-6-15-31-24(23(17(2)3)28-25(33)19-9-13-21(34-5)14-10-19)29-30-26(31)35-16-22(32)27-20-11-7-18(4)8-12-20/h6-14,17,23H,1,15-16H2,2-5H3,(H,27,32)(H,28,33)/t23-/m0/s1. The molecule has 0 saturated carbocycles. The van der Waals surface area contributed by atoms with Gasteiger partial charge in [0.25, 0.3) is 5.91 Å². The molecule has 0 aliphatic rings. The molecule has 0 bridgehead atoms. The molecule has 1 heterocycles. The van der Waals surface area contributed by atoms with E-state index in [1.165, 1.54) is 11.8 Å². The summed E-state index contributed by atoms with van der Waals surface area (Å²) < 4.78 is 7.05. The van der Waals surface area contributed by atoms with Crippen molar-refractivity contribution in [1.82, 2.24) is 20.1 Å². The number of carbonyl (C=O) groups is 2. The van der Waals surface area contributed by atoms with E-state index in [0.717, 1.165) is 11.3 Å². The number of methoxy groups -OCH3 is 1. The largest absolute Gasteiger partial charge is 0.497 e. The first-order valence-corrected chi connectivity index (χ1v) is 12.3. The van der Waals surface area contributed by atoms with Gasteiger partial charge in [0.05, 0.1) is 18.9 Å². The normalized spacial score (nSPS) is 11.7. The molecular weight excluding hydrogens is 462 g/mol. The second kappa shape index (κ2) is 12.2. The minimum Gasteiger partial charge on any atom is -0.497 e. The Morgan fingerprint density at radius 2 is 1.80 bits per heavy atom. The van der Waals surface area contributed by atoms with Crippen LogP contribution in [0.1, 0.15) is 41.6 Å². The van der Waals surface area contributed by atoms with Crippen LogP contribution in [0.15, 0.2) is 66.3 Å². The molecule has 0 aliphatic heterocycles. The molecule has 2 aromatic carbocycles. The Bertz CT molecular complexity index is 1160. The van der Waals surface area contributed by atoms with Crippen LogP contribution >= 0.6 is 11.8 Å². The third kappa shape index (κ3) is 6.95. The van der Waals surface area contributed by atoms with Crippen LogP contribution in [0.5, 0.6) is 5.75 Å². The van der Waals surface area contributed by atoms with E-state index in [-0.39, 0.29) is 29.5 Å². The van der Waals surface area contributed by atoms with Crippen molar-refractivity contribution in [1.29, 1.82) is 0 Å². The van der Waals surface area contributed by atoms with Gasteiger partial charge in [0.2, 0.25) is 5.91 Å². The molecule has 1 aromatic heterocycles. The van der Waals surface area contributed by atoms with Gasteiger partial charge in [-0.05, 0) is 49.2 Å². The van der Waals surface area contributed by atoms with Crippen LogP contribution in [-0.2, 0) is 11.3 Å². The van der Waals surface area contributed by atoms with E-state index in [0.29, 0.717) is 28.8 Å². The van der Waals surface area contributed by atoms with Gasteiger partial charge in [0.1, 0.15) is 5.75 Å². The fourth-order valence-corrected chi connectivity index (χ4v) is 4.15. The SMILES string of the molecule is C=CCn1c(SCC(=O)Nc2ccc(C)cc2)nnc1[C@@H](NC(=O)c1ccc(OC)cc1)C(C)C. The number of amides is 2. The Balaban J connectivity index is 1.73. The van der Waals surface area contributed by atoms with E-state index in [1.54, 1.807) is 37.5 Å².